The molecule has 1 heterocycles. The van der Waals surface area contributed by atoms with Crippen molar-refractivity contribution in [1.29, 1.82) is 0 Å². The van der Waals surface area contributed by atoms with Crippen molar-refractivity contribution in [2.24, 2.45) is 5.92 Å². The van der Waals surface area contributed by atoms with Gasteiger partial charge in [0.1, 0.15) is 0 Å². The number of ether oxygens (including phenoxy) is 1. The fourth-order valence-electron chi connectivity index (χ4n) is 1.24. The van der Waals surface area contributed by atoms with Crippen LogP contribution in [0.2, 0.25) is 0 Å². The van der Waals surface area contributed by atoms with Gasteiger partial charge in [-0.3, -0.25) is 4.79 Å². The first kappa shape index (κ1) is 19.7. The Morgan fingerprint density at radius 2 is 1.67 bits per heavy atom. The predicted octanol–water partition coefficient (Wildman–Crippen LogP) is 2.30. The van der Waals surface area contributed by atoms with Crippen LogP contribution in [0.1, 0.15) is 47.5 Å². The molecule has 0 saturated carbocycles. The van der Waals surface area contributed by atoms with Gasteiger partial charge in [-0.05, 0) is 39.5 Å². The van der Waals surface area contributed by atoms with E-state index in [1.807, 2.05) is 34.6 Å². The first-order valence-electron chi connectivity index (χ1n) is 6.78. The van der Waals surface area contributed by atoms with Crippen LogP contribution in [0.5, 0.6) is 0 Å². The monoisotopic (exact) mass is 261 g/mol. The zero-order valence-electron chi connectivity index (χ0n) is 12.9. The minimum Gasteiger partial charge on any atom is -0.396 e. The van der Waals surface area contributed by atoms with Crippen molar-refractivity contribution in [3.05, 3.63) is 0 Å². The molecule has 0 unspecified atom stereocenters. The number of nitrogens with zero attached hydrogens (tertiary/aromatic N) is 1. The third kappa shape index (κ3) is 11.9. The molecule has 0 spiro atoms. The lowest BCUT2D eigenvalue weighted by Crippen LogP contribution is -2.33. The Labute approximate surface area is 112 Å². The van der Waals surface area contributed by atoms with Crippen molar-refractivity contribution in [3.63, 3.8) is 0 Å². The second kappa shape index (κ2) is 11.5. The number of carbonyl (C=O) groups excluding carboxylic acids is 1. The molecule has 0 radical (unpaired) electrons. The predicted molar refractivity (Wildman–Crippen MR) is 75.6 cm³/mol. The molecule has 4 heteroatoms. The van der Waals surface area contributed by atoms with Crippen LogP contribution in [0.25, 0.3) is 0 Å². The number of piperidine rings is 1. The van der Waals surface area contributed by atoms with Crippen LogP contribution < -0.4 is 0 Å². The Balaban J connectivity index is 0. The lowest BCUT2D eigenvalue weighted by Gasteiger charge is -2.27. The molecule has 0 atom stereocenters. The molecule has 0 bridgehead atoms. The Morgan fingerprint density at radius 1 is 1.28 bits per heavy atom. The molecule has 0 aromatic heterocycles. The number of carbonyl (C=O) groups is 1. The fourth-order valence-corrected chi connectivity index (χ4v) is 1.24. The summed E-state index contributed by atoms with van der Waals surface area (Å²) in [4.78, 5) is 12.0. The van der Waals surface area contributed by atoms with Gasteiger partial charge in [0.25, 0.3) is 0 Å². The SMILES string of the molecule is CC.COC(C)(C)C.O=CN1CCC(CO)CC1. The van der Waals surface area contributed by atoms with E-state index in [9.17, 15) is 4.79 Å². The number of rotatable bonds is 2. The summed E-state index contributed by atoms with van der Waals surface area (Å²) in [6, 6.07) is 0. The van der Waals surface area contributed by atoms with E-state index in [-0.39, 0.29) is 12.2 Å². The van der Waals surface area contributed by atoms with Crippen LogP contribution in [0.15, 0.2) is 0 Å². The summed E-state index contributed by atoms with van der Waals surface area (Å²) < 4.78 is 4.94. The van der Waals surface area contributed by atoms with Crippen molar-refractivity contribution in [2.45, 2.75) is 53.1 Å². The molecule has 1 rings (SSSR count). The van der Waals surface area contributed by atoms with E-state index >= 15 is 0 Å². The number of aliphatic hydroxyl groups excluding tert-OH is 1. The van der Waals surface area contributed by atoms with E-state index < -0.39 is 0 Å². The molecule has 4 nitrogen and oxygen atoms in total. The van der Waals surface area contributed by atoms with Gasteiger partial charge in [0.15, 0.2) is 0 Å². The van der Waals surface area contributed by atoms with Gasteiger partial charge in [-0.15, -0.1) is 0 Å². The largest absolute Gasteiger partial charge is 0.396 e. The molecule has 110 valence electrons. The maximum absolute atomic E-state index is 10.2. The highest BCUT2D eigenvalue weighted by atomic mass is 16.5. The Bertz CT molecular complexity index is 182. The smallest absolute Gasteiger partial charge is 0.209 e. The summed E-state index contributed by atoms with van der Waals surface area (Å²) in [5, 5.41) is 8.74. The van der Waals surface area contributed by atoms with Crippen molar-refractivity contribution < 1.29 is 14.6 Å². The lowest BCUT2D eigenvalue weighted by molar-refractivity contribution is -0.119. The molecule has 0 aromatic carbocycles. The van der Waals surface area contributed by atoms with Gasteiger partial charge in [0.05, 0.1) is 5.60 Å². The van der Waals surface area contributed by atoms with Crippen LogP contribution in [-0.4, -0.2) is 48.8 Å². The van der Waals surface area contributed by atoms with Crippen molar-refractivity contribution in [2.75, 3.05) is 26.8 Å². The van der Waals surface area contributed by atoms with Gasteiger partial charge in [-0.25, -0.2) is 0 Å². The van der Waals surface area contributed by atoms with Gasteiger partial charge in [-0.1, -0.05) is 13.8 Å². The fraction of sp³-hybridized carbons (Fsp3) is 0.929. The quantitative estimate of drug-likeness (QED) is 0.776. The molecule has 1 amide bonds. The summed E-state index contributed by atoms with van der Waals surface area (Å²) in [6.45, 7) is 12.0. The average molecular weight is 261 g/mol. The molecule has 1 N–H and O–H groups in total. The molecular formula is C14H31NO3. The topological polar surface area (TPSA) is 49.8 Å². The minimum absolute atomic E-state index is 0.0417. The van der Waals surface area contributed by atoms with Crippen LogP contribution in [0.3, 0.4) is 0 Å². The normalized spacial score (nSPS) is 16.1. The van der Waals surface area contributed by atoms with Gasteiger partial charge in [0, 0.05) is 26.8 Å². The molecule has 1 aliphatic heterocycles. The van der Waals surface area contributed by atoms with Gasteiger partial charge < -0.3 is 14.7 Å². The maximum atomic E-state index is 10.2. The zero-order valence-corrected chi connectivity index (χ0v) is 12.9. The highest BCUT2D eigenvalue weighted by Crippen LogP contribution is 2.14. The summed E-state index contributed by atoms with van der Waals surface area (Å²) in [6.07, 6.45) is 2.79. The first-order valence-corrected chi connectivity index (χ1v) is 6.78. The van der Waals surface area contributed by atoms with E-state index in [2.05, 4.69) is 0 Å². The number of amides is 1. The molecule has 18 heavy (non-hydrogen) atoms. The van der Waals surface area contributed by atoms with Gasteiger partial charge in [-0.2, -0.15) is 0 Å². The third-order valence-electron chi connectivity index (χ3n) is 2.67. The van der Waals surface area contributed by atoms with E-state index in [1.165, 1.54) is 0 Å². The van der Waals surface area contributed by atoms with Crippen LogP contribution >= 0.6 is 0 Å². The summed E-state index contributed by atoms with van der Waals surface area (Å²) in [5.41, 5.74) is 0.0417. The minimum atomic E-state index is 0.0417. The van der Waals surface area contributed by atoms with Crippen LogP contribution in [0, 0.1) is 5.92 Å². The Hall–Kier alpha value is -0.610. The Kier molecular flexibility index (Phi) is 12.6. The zero-order chi connectivity index (χ0) is 14.6. The third-order valence-corrected chi connectivity index (χ3v) is 2.67. The van der Waals surface area contributed by atoms with Gasteiger partial charge in [0.2, 0.25) is 6.41 Å². The maximum Gasteiger partial charge on any atom is 0.209 e. The van der Waals surface area contributed by atoms with E-state index in [1.54, 1.807) is 12.0 Å². The highest BCUT2D eigenvalue weighted by molar-refractivity contribution is 5.47. The second-order valence-corrected chi connectivity index (χ2v) is 5.08. The summed E-state index contributed by atoms with van der Waals surface area (Å²) in [5.74, 6) is 0.427. The van der Waals surface area contributed by atoms with Crippen LogP contribution in [0.4, 0.5) is 0 Å². The van der Waals surface area contributed by atoms with Crippen LogP contribution in [-0.2, 0) is 9.53 Å². The number of aliphatic hydroxyl groups is 1. The standard InChI is InChI=1S/C7H13NO2.C5H12O.C2H6/c9-5-7-1-3-8(6-10)4-2-7;1-5(2,3)6-4;1-2/h6-7,9H,1-5H2;1-4H3;1-2H3. The molecule has 0 aliphatic carbocycles. The molecule has 1 saturated heterocycles. The van der Waals surface area contributed by atoms with Crippen molar-refractivity contribution in [3.8, 4) is 0 Å². The number of methoxy groups -OCH3 is 1. The number of hydrogen-bond donors (Lipinski definition) is 1. The Morgan fingerprint density at radius 3 is 1.89 bits per heavy atom. The van der Waals surface area contributed by atoms with Crippen molar-refractivity contribution in [1.82, 2.24) is 4.90 Å². The summed E-state index contributed by atoms with van der Waals surface area (Å²) >= 11 is 0. The van der Waals surface area contributed by atoms with E-state index in [4.69, 9.17) is 9.84 Å². The molecular weight excluding hydrogens is 230 g/mol. The van der Waals surface area contributed by atoms with E-state index in [0.29, 0.717) is 5.92 Å². The highest BCUT2D eigenvalue weighted by Gasteiger charge is 2.16. The number of likely N-dealkylation sites (tertiary alicyclic amines) is 1. The molecule has 1 aliphatic rings. The van der Waals surface area contributed by atoms with Crippen molar-refractivity contribution >= 4 is 6.41 Å². The molecule has 0 aromatic rings. The second-order valence-electron chi connectivity index (χ2n) is 5.08. The molecule has 1 fully saturated rings. The number of hydrogen-bond acceptors (Lipinski definition) is 3. The average Bonchev–Trinajstić information content (AvgIpc) is 2.41. The first-order chi connectivity index (χ1) is 8.42. The van der Waals surface area contributed by atoms with Gasteiger partial charge >= 0.3 is 0 Å². The summed E-state index contributed by atoms with van der Waals surface area (Å²) in [7, 11) is 1.71. The van der Waals surface area contributed by atoms with E-state index in [0.717, 1.165) is 32.3 Å². The lowest BCUT2D eigenvalue weighted by atomic mass is 9.98.